The summed E-state index contributed by atoms with van der Waals surface area (Å²) < 4.78 is 31.1. The molecule has 10 heteroatoms. The molecule has 0 aliphatic rings. The second-order valence-corrected chi connectivity index (χ2v) is 6.51. The molecule has 0 unspecified atom stereocenters. The molecule has 1 amide bonds. The van der Waals surface area contributed by atoms with Gasteiger partial charge in [0.05, 0.1) is 0 Å². The van der Waals surface area contributed by atoms with Crippen LogP contribution in [0, 0.1) is 0 Å². The molecule has 0 fully saturated rings. The molecule has 0 saturated heterocycles. The quantitative estimate of drug-likeness (QED) is 0.762. The van der Waals surface area contributed by atoms with E-state index in [1.807, 2.05) is 0 Å². The van der Waals surface area contributed by atoms with Gasteiger partial charge >= 0.3 is 15.8 Å². The lowest BCUT2D eigenvalue weighted by molar-refractivity contribution is -0.114. The number of rotatable bonds is 4. The molecular weight excluding hydrogens is 338 g/mol. The summed E-state index contributed by atoms with van der Waals surface area (Å²) in [5.41, 5.74) is -1.17. The topological polar surface area (TPSA) is 116 Å². The van der Waals surface area contributed by atoms with Crippen molar-refractivity contribution in [3.63, 3.8) is 0 Å². The van der Waals surface area contributed by atoms with Crippen molar-refractivity contribution in [3.8, 4) is 5.75 Å². The number of carbonyl (C=O) groups is 1. The number of anilines is 1. The highest BCUT2D eigenvalue weighted by atomic mass is 32.2. The van der Waals surface area contributed by atoms with Crippen LogP contribution >= 0.6 is 0 Å². The van der Waals surface area contributed by atoms with E-state index in [-0.39, 0.29) is 11.7 Å². The molecule has 0 aliphatic heterocycles. The summed E-state index contributed by atoms with van der Waals surface area (Å²) in [6, 6.07) is 5.56. The van der Waals surface area contributed by atoms with Gasteiger partial charge < -0.3 is 14.1 Å². The lowest BCUT2D eigenvalue weighted by Crippen LogP contribution is -2.39. The van der Waals surface area contributed by atoms with Crippen molar-refractivity contribution >= 4 is 21.7 Å². The smallest absolute Gasteiger partial charge is 0.346 e. The lowest BCUT2D eigenvalue weighted by atomic mass is 10.3. The van der Waals surface area contributed by atoms with Crippen molar-refractivity contribution in [2.45, 2.75) is 11.8 Å². The molecule has 0 saturated carbocycles. The lowest BCUT2D eigenvalue weighted by Gasteiger charge is -2.09. The summed E-state index contributed by atoms with van der Waals surface area (Å²) in [4.78, 5) is 33.9. The third-order valence-electron chi connectivity index (χ3n) is 3.06. The molecule has 24 heavy (non-hydrogen) atoms. The normalized spacial score (nSPS) is 11.1. The van der Waals surface area contributed by atoms with Crippen LogP contribution in [0.4, 0.5) is 5.69 Å². The van der Waals surface area contributed by atoms with Gasteiger partial charge in [-0.1, -0.05) is 0 Å². The molecule has 0 atom stereocenters. The number of aryl methyl sites for hydroxylation is 1. The minimum atomic E-state index is -4.42. The van der Waals surface area contributed by atoms with Crippen molar-refractivity contribution < 1.29 is 17.4 Å². The fourth-order valence-corrected chi connectivity index (χ4v) is 3.01. The second-order valence-electron chi connectivity index (χ2n) is 4.99. The molecule has 1 aromatic heterocycles. The number of hydrogen-bond acceptors (Lipinski definition) is 6. The molecular formula is C14H15N3O6S. The Hall–Kier alpha value is -2.88. The summed E-state index contributed by atoms with van der Waals surface area (Å²) >= 11 is 0. The van der Waals surface area contributed by atoms with Gasteiger partial charge in [0, 0.05) is 32.9 Å². The molecule has 0 radical (unpaired) electrons. The Morgan fingerprint density at radius 2 is 1.71 bits per heavy atom. The number of benzene rings is 1. The fraction of sp³-hybridized carbons (Fsp3) is 0.214. The number of amides is 1. The summed E-state index contributed by atoms with van der Waals surface area (Å²) in [5.74, 6) is -0.315. The summed E-state index contributed by atoms with van der Waals surface area (Å²) in [6.45, 7) is 1.34. The number of hydrogen-bond donors (Lipinski definition) is 1. The molecule has 2 aromatic rings. The molecule has 1 N–H and O–H groups in total. The molecule has 1 aromatic carbocycles. The highest BCUT2D eigenvalue weighted by molar-refractivity contribution is 7.87. The van der Waals surface area contributed by atoms with E-state index in [2.05, 4.69) is 5.32 Å². The Balaban J connectivity index is 2.37. The minimum Gasteiger partial charge on any atom is -0.379 e. The predicted molar refractivity (Wildman–Crippen MR) is 85.5 cm³/mol. The first-order valence-electron chi connectivity index (χ1n) is 6.70. The van der Waals surface area contributed by atoms with Gasteiger partial charge in [-0.3, -0.25) is 14.2 Å². The maximum absolute atomic E-state index is 12.3. The zero-order chi connectivity index (χ0) is 18.1. The average Bonchev–Trinajstić information content (AvgIpc) is 2.50. The van der Waals surface area contributed by atoms with Crippen molar-refractivity contribution in [1.82, 2.24) is 9.13 Å². The summed E-state index contributed by atoms with van der Waals surface area (Å²) in [5, 5.41) is 2.52. The van der Waals surface area contributed by atoms with E-state index >= 15 is 0 Å². The maximum atomic E-state index is 12.3. The van der Waals surface area contributed by atoms with E-state index in [4.69, 9.17) is 4.18 Å². The van der Waals surface area contributed by atoms with Crippen LogP contribution in [0.15, 0.2) is 44.9 Å². The van der Waals surface area contributed by atoms with E-state index in [1.54, 1.807) is 0 Å². The van der Waals surface area contributed by atoms with Gasteiger partial charge in [-0.2, -0.15) is 8.42 Å². The van der Waals surface area contributed by atoms with Crippen LogP contribution in [0.25, 0.3) is 0 Å². The van der Waals surface area contributed by atoms with Gasteiger partial charge in [-0.25, -0.2) is 4.79 Å². The van der Waals surface area contributed by atoms with Gasteiger partial charge in [0.2, 0.25) is 5.91 Å². The third kappa shape index (κ3) is 3.54. The summed E-state index contributed by atoms with van der Waals surface area (Å²) in [7, 11) is -1.93. The van der Waals surface area contributed by atoms with Gasteiger partial charge in [0.25, 0.3) is 5.56 Å². The van der Waals surface area contributed by atoms with Crippen molar-refractivity contribution in [2.24, 2.45) is 14.1 Å². The van der Waals surface area contributed by atoms with E-state index in [1.165, 1.54) is 45.3 Å². The number of carbonyl (C=O) groups excluding carboxylic acids is 1. The van der Waals surface area contributed by atoms with E-state index in [0.717, 1.165) is 10.8 Å². The third-order valence-corrected chi connectivity index (χ3v) is 4.30. The van der Waals surface area contributed by atoms with E-state index < -0.39 is 26.3 Å². The molecule has 1 heterocycles. The van der Waals surface area contributed by atoms with Crippen LogP contribution in [-0.2, 0) is 29.0 Å². The monoisotopic (exact) mass is 353 g/mol. The van der Waals surface area contributed by atoms with Crippen LogP contribution in [0.5, 0.6) is 5.75 Å². The Morgan fingerprint density at radius 1 is 1.12 bits per heavy atom. The zero-order valence-electron chi connectivity index (χ0n) is 13.1. The Labute approximate surface area is 137 Å². The SMILES string of the molecule is CC(=O)Nc1ccc(OS(=O)(=O)c2cn(C)c(=O)n(C)c2=O)cc1. The van der Waals surface area contributed by atoms with Gasteiger partial charge in [-0.05, 0) is 24.3 Å². The molecule has 2 rings (SSSR count). The predicted octanol–water partition coefficient (Wildman–Crippen LogP) is -0.190. The average molecular weight is 353 g/mol. The number of nitrogens with zero attached hydrogens (tertiary/aromatic N) is 2. The first-order chi connectivity index (χ1) is 11.1. The molecule has 128 valence electrons. The first kappa shape index (κ1) is 17.5. The summed E-state index contributed by atoms with van der Waals surface area (Å²) in [6.07, 6.45) is 0.908. The van der Waals surface area contributed by atoms with Gasteiger partial charge in [0.15, 0.2) is 4.90 Å². The Bertz CT molecular complexity index is 1000. The van der Waals surface area contributed by atoms with Crippen LogP contribution in [-0.4, -0.2) is 23.5 Å². The fourth-order valence-electron chi connectivity index (χ4n) is 1.92. The zero-order valence-corrected chi connectivity index (χ0v) is 14.0. The van der Waals surface area contributed by atoms with E-state index in [9.17, 15) is 22.8 Å². The largest absolute Gasteiger partial charge is 0.379 e. The first-order valence-corrected chi connectivity index (χ1v) is 8.11. The molecule has 9 nitrogen and oxygen atoms in total. The highest BCUT2D eigenvalue weighted by Crippen LogP contribution is 2.19. The highest BCUT2D eigenvalue weighted by Gasteiger charge is 2.23. The standard InChI is InChI=1S/C14H15N3O6S/c1-9(18)15-10-4-6-11(7-5-10)23-24(21,22)12-8-16(2)14(20)17(3)13(12)19/h4-8H,1-3H3,(H,15,18). The van der Waals surface area contributed by atoms with Gasteiger partial charge in [-0.15, -0.1) is 0 Å². The maximum Gasteiger partial charge on any atom is 0.346 e. The van der Waals surface area contributed by atoms with E-state index in [0.29, 0.717) is 10.3 Å². The number of aromatic nitrogens is 2. The Kier molecular flexibility index (Phi) is 4.60. The van der Waals surface area contributed by atoms with Crippen LogP contribution in [0.3, 0.4) is 0 Å². The van der Waals surface area contributed by atoms with Crippen LogP contribution < -0.4 is 20.7 Å². The van der Waals surface area contributed by atoms with Crippen molar-refractivity contribution in [3.05, 3.63) is 51.3 Å². The van der Waals surface area contributed by atoms with Gasteiger partial charge in [0.1, 0.15) is 5.75 Å². The van der Waals surface area contributed by atoms with Crippen LogP contribution in [0.1, 0.15) is 6.92 Å². The second kappa shape index (κ2) is 6.32. The molecule has 0 aliphatic carbocycles. The van der Waals surface area contributed by atoms with Crippen LogP contribution in [0.2, 0.25) is 0 Å². The number of nitrogens with one attached hydrogen (secondary N) is 1. The van der Waals surface area contributed by atoms with Crippen molar-refractivity contribution in [1.29, 1.82) is 0 Å². The Morgan fingerprint density at radius 3 is 2.25 bits per heavy atom. The minimum absolute atomic E-state index is 0.0417. The molecule has 0 bridgehead atoms. The molecule has 0 spiro atoms. The van der Waals surface area contributed by atoms with Crippen molar-refractivity contribution in [2.75, 3.05) is 5.32 Å².